The lowest BCUT2D eigenvalue weighted by Crippen LogP contribution is -2.28. The molecule has 1 unspecified atom stereocenters. The maximum absolute atomic E-state index is 12.4. The van der Waals surface area contributed by atoms with E-state index < -0.39 is 6.61 Å². The van der Waals surface area contributed by atoms with E-state index >= 15 is 0 Å². The number of para-hydroxylation sites is 1. The Morgan fingerprint density at radius 3 is 2.33 bits per heavy atom. The number of nitrogens with two attached hydrogens (primary N) is 1. The molecule has 0 aliphatic rings. The zero-order valence-electron chi connectivity index (χ0n) is 11.5. The van der Waals surface area contributed by atoms with Gasteiger partial charge in [-0.3, -0.25) is 0 Å². The minimum Gasteiger partial charge on any atom is -0.434 e. The first-order valence-corrected chi connectivity index (χ1v) is 6.72. The summed E-state index contributed by atoms with van der Waals surface area (Å²) in [6.07, 6.45) is 0. The van der Waals surface area contributed by atoms with Crippen LogP contribution in [0.4, 0.5) is 8.78 Å². The molecule has 21 heavy (non-hydrogen) atoms. The van der Waals surface area contributed by atoms with Gasteiger partial charge < -0.3 is 15.8 Å². The quantitative estimate of drug-likeness (QED) is 0.824. The summed E-state index contributed by atoms with van der Waals surface area (Å²) < 4.78 is 29.4. The summed E-state index contributed by atoms with van der Waals surface area (Å²) in [6, 6.07) is 16.3. The maximum atomic E-state index is 12.4. The van der Waals surface area contributed by atoms with E-state index in [1.807, 2.05) is 30.3 Å². The standard InChI is InChI=1S/C16H18F2N2O/c17-16(18)21-15-9-5-4-8-13(15)14(10-19)20-11-12-6-2-1-3-7-12/h1-9,14,16,20H,10-11,19H2. The van der Waals surface area contributed by atoms with Crippen molar-refractivity contribution in [3.63, 3.8) is 0 Å². The van der Waals surface area contributed by atoms with E-state index in [2.05, 4.69) is 10.1 Å². The van der Waals surface area contributed by atoms with Gasteiger partial charge in [-0.15, -0.1) is 0 Å². The van der Waals surface area contributed by atoms with Crippen LogP contribution in [0, 0.1) is 0 Å². The smallest absolute Gasteiger partial charge is 0.387 e. The second kappa shape index (κ2) is 7.71. The molecule has 2 rings (SSSR count). The largest absolute Gasteiger partial charge is 0.434 e. The van der Waals surface area contributed by atoms with Crippen molar-refractivity contribution < 1.29 is 13.5 Å². The lowest BCUT2D eigenvalue weighted by Gasteiger charge is -2.20. The van der Waals surface area contributed by atoms with Gasteiger partial charge in [-0.2, -0.15) is 8.78 Å². The van der Waals surface area contributed by atoms with E-state index in [4.69, 9.17) is 5.73 Å². The van der Waals surface area contributed by atoms with Crippen molar-refractivity contribution in [3.05, 3.63) is 65.7 Å². The van der Waals surface area contributed by atoms with E-state index in [1.54, 1.807) is 18.2 Å². The molecule has 0 heterocycles. The molecule has 0 saturated heterocycles. The number of nitrogens with one attached hydrogen (secondary N) is 1. The highest BCUT2D eigenvalue weighted by Gasteiger charge is 2.16. The zero-order valence-corrected chi connectivity index (χ0v) is 11.5. The normalized spacial score (nSPS) is 12.4. The third kappa shape index (κ3) is 4.51. The summed E-state index contributed by atoms with van der Waals surface area (Å²) in [5.74, 6) is 0.156. The van der Waals surface area contributed by atoms with Crippen LogP contribution in [0.3, 0.4) is 0 Å². The number of benzene rings is 2. The third-order valence-electron chi connectivity index (χ3n) is 3.14. The van der Waals surface area contributed by atoms with Crippen LogP contribution in [0.25, 0.3) is 0 Å². The lowest BCUT2D eigenvalue weighted by atomic mass is 10.1. The van der Waals surface area contributed by atoms with E-state index in [9.17, 15) is 8.78 Å². The van der Waals surface area contributed by atoms with Crippen molar-refractivity contribution in [2.24, 2.45) is 5.73 Å². The molecule has 1 atom stereocenters. The monoisotopic (exact) mass is 292 g/mol. The predicted octanol–water partition coefficient (Wildman–Crippen LogP) is 3.08. The van der Waals surface area contributed by atoms with Gasteiger partial charge in [0.05, 0.1) is 0 Å². The van der Waals surface area contributed by atoms with Gasteiger partial charge in [0.15, 0.2) is 0 Å². The molecule has 0 fully saturated rings. The van der Waals surface area contributed by atoms with Crippen LogP contribution >= 0.6 is 0 Å². The average Bonchev–Trinajstić information content (AvgIpc) is 2.50. The van der Waals surface area contributed by atoms with E-state index in [0.29, 0.717) is 12.1 Å². The highest BCUT2D eigenvalue weighted by Crippen LogP contribution is 2.26. The van der Waals surface area contributed by atoms with Crippen LogP contribution in [0.2, 0.25) is 0 Å². The molecule has 5 heteroatoms. The molecule has 0 aliphatic heterocycles. The Morgan fingerprint density at radius 2 is 1.67 bits per heavy atom. The average molecular weight is 292 g/mol. The molecule has 2 aromatic carbocycles. The fourth-order valence-corrected chi connectivity index (χ4v) is 2.13. The Bertz CT molecular complexity index is 549. The Hall–Kier alpha value is -1.98. The first-order chi connectivity index (χ1) is 10.2. The number of rotatable bonds is 7. The molecular weight excluding hydrogens is 274 g/mol. The number of hydrogen-bond acceptors (Lipinski definition) is 3. The van der Waals surface area contributed by atoms with E-state index in [-0.39, 0.29) is 18.3 Å². The first kappa shape index (κ1) is 15.4. The summed E-state index contributed by atoms with van der Waals surface area (Å²) in [7, 11) is 0. The Labute approximate surface area is 122 Å². The van der Waals surface area contributed by atoms with Crippen molar-refractivity contribution in [1.82, 2.24) is 5.32 Å². The topological polar surface area (TPSA) is 47.3 Å². The van der Waals surface area contributed by atoms with Crippen molar-refractivity contribution >= 4 is 0 Å². The molecule has 3 N–H and O–H groups in total. The summed E-state index contributed by atoms with van der Waals surface area (Å²) in [5, 5.41) is 3.27. The lowest BCUT2D eigenvalue weighted by molar-refractivity contribution is -0.0507. The van der Waals surface area contributed by atoms with Crippen molar-refractivity contribution in [1.29, 1.82) is 0 Å². The van der Waals surface area contributed by atoms with Gasteiger partial charge in [-0.05, 0) is 11.6 Å². The molecule has 0 aromatic heterocycles. The summed E-state index contributed by atoms with van der Waals surface area (Å²) in [5.41, 5.74) is 7.50. The molecular formula is C16H18F2N2O. The minimum absolute atomic E-state index is 0.156. The van der Waals surface area contributed by atoms with Crippen LogP contribution < -0.4 is 15.8 Å². The van der Waals surface area contributed by atoms with Crippen molar-refractivity contribution in [2.45, 2.75) is 19.2 Å². The van der Waals surface area contributed by atoms with Gasteiger partial charge in [-0.1, -0.05) is 48.5 Å². The number of ether oxygens (including phenoxy) is 1. The summed E-state index contributed by atoms with van der Waals surface area (Å²) in [4.78, 5) is 0. The molecule has 0 radical (unpaired) electrons. The van der Waals surface area contributed by atoms with Crippen LogP contribution in [-0.2, 0) is 6.54 Å². The van der Waals surface area contributed by atoms with Gasteiger partial charge >= 0.3 is 6.61 Å². The van der Waals surface area contributed by atoms with Gasteiger partial charge in [0, 0.05) is 24.7 Å². The molecule has 0 bridgehead atoms. The predicted molar refractivity (Wildman–Crippen MR) is 78.2 cm³/mol. The molecule has 0 aliphatic carbocycles. The van der Waals surface area contributed by atoms with Gasteiger partial charge in [0.25, 0.3) is 0 Å². The van der Waals surface area contributed by atoms with Crippen molar-refractivity contribution in [2.75, 3.05) is 6.54 Å². The third-order valence-corrected chi connectivity index (χ3v) is 3.14. The van der Waals surface area contributed by atoms with Gasteiger partial charge in [0.2, 0.25) is 0 Å². The molecule has 3 nitrogen and oxygen atoms in total. The Morgan fingerprint density at radius 1 is 1.00 bits per heavy atom. The molecule has 0 amide bonds. The summed E-state index contributed by atoms with van der Waals surface area (Å²) >= 11 is 0. The SMILES string of the molecule is NCC(NCc1ccccc1)c1ccccc1OC(F)F. The van der Waals surface area contributed by atoms with Crippen LogP contribution in [0.5, 0.6) is 5.75 Å². The van der Waals surface area contributed by atoms with Gasteiger partial charge in [0.1, 0.15) is 5.75 Å². The molecule has 0 spiro atoms. The maximum Gasteiger partial charge on any atom is 0.387 e. The van der Waals surface area contributed by atoms with Crippen LogP contribution in [0.15, 0.2) is 54.6 Å². The second-order valence-corrected chi connectivity index (χ2v) is 4.57. The molecule has 112 valence electrons. The summed E-state index contributed by atoms with van der Waals surface area (Å²) in [6.45, 7) is -1.96. The fourth-order valence-electron chi connectivity index (χ4n) is 2.13. The molecule has 0 saturated carbocycles. The Kier molecular flexibility index (Phi) is 5.66. The van der Waals surface area contributed by atoms with Crippen LogP contribution in [0.1, 0.15) is 17.2 Å². The van der Waals surface area contributed by atoms with E-state index in [1.165, 1.54) is 6.07 Å². The Balaban J connectivity index is 2.10. The minimum atomic E-state index is -2.85. The fraction of sp³-hybridized carbons (Fsp3) is 0.250. The highest BCUT2D eigenvalue weighted by atomic mass is 19.3. The molecule has 2 aromatic rings. The highest BCUT2D eigenvalue weighted by molar-refractivity contribution is 5.36. The van der Waals surface area contributed by atoms with Gasteiger partial charge in [-0.25, -0.2) is 0 Å². The van der Waals surface area contributed by atoms with Crippen LogP contribution in [-0.4, -0.2) is 13.2 Å². The zero-order chi connectivity index (χ0) is 15.1. The first-order valence-electron chi connectivity index (χ1n) is 6.72. The number of hydrogen-bond donors (Lipinski definition) is 2. The second-order valence-electron chi connectivity index (χ2n) is 4.57. The number of halogens is 2. The number of alkyl halides is 2. The van der Waals surface area contributed by atoms with E-state index in [0.717, 1.165) is 5.56 Å². The van der Waals surface area contributed by atoms with Crippen molar-refractivity contribution in [3.8, 4) is 5.75 Å².